The summed E-state index contributed by atoms with van der Waals surface area (Å²) in [5.41, 5.74) is 3.52. The lowest BCUT2D eigenvalue weighted by molar-refractivity contribution is -0.133. The lowest BCUT2D eigenvalue weighted by Gasteiger charge is -2.04. The average Bonchev–Trinajstić information content (AvgIpc) is 3.01. The van der Waals surface area contributed by atoms with Crippen molar-refractivity contribution in [2.45, 2.75) is 12.1 Å². The molecule has 0 bridgehead atoms. The van der Waals surface area contributed by atoms with Gasteiger partial charge in [-0.05, 0) is 30.0 Å². The highest BCUT2D eigenvalue weighted by Gasteiger charge is 2.15. The van der Waals surface area contributed by atoms with E-state index in [-0.39, 0.29) is 5.75 Å². The number of aliphatic carboxylic acids is 1. The molecule has 5 nitrogen and oxygen atoms in total. The molecule has 0 saturated heterocycles. The highest BCUT2D eigenvalue weighted by molar-refractivity contribution is 7.99. The molecular formula is C13H11N3O2S2. The van der Waals surface area contributed by atoms with Crippen LogP contribution in [-0.2, 0) is 4.79 Å². The molecule has 0 fully saturated rings. The summed E-state index contributed by atoms with van der Waals surface area (Å²) in [5, 5.41) is 13.5. The standard InChI is InChI=1S/C13H11N3O2S2/c1-8-4-10-12(14-5-8)16(9-2-3-19-6-9)13(15-10)20-7-11(17)18/h2-6H,7H2,1H3,(H,17,18). The molecule has 0 aromatic carbocycles. The van der Waals surface area contributed by atoms with Crippen molar-refractivity contribution < 1.29 is 9.90 Å². The number of carboxylic acids is 1. The number of imidazole rings is 1. The first-order chi connectivity index (χ1) is 9.65. The Balaban J connectivity index is 2.16. The average molecular weight is 305 g/mol. The van der Waals surface area contributed by atoms with E-state index in [9.17, 15) is 4.79 Å². The molecular weight excluding hydrogens is 294 g/mol. The van der Waals surface area contributed by atoms with Crippen LogP contribution < -0.4 is 0 Å². The lowest BCUT2D eigenvalue weighted by atomic mass is 10.3. The predicted octanol–water partition coefficient (Wildman–Crippen LogP) is 2.97. The quantitative estimate of drug-likeness (QED) is 0.751. The summed E-state index contributed by atoms with van der Waals surface area (Å²) in [6, 6.07) is 3.92. The van der Waals surface area contributed by atoms with Crippen molar-refractivity contribution in [1.29, 1.82) is 0 Å². The highest BCUT2D eigenvalue weighted by Crippen LogP contribution is 2.28. The first kappa shape index (κ1) is 13.1. The van der Waals surface area contributed by atoms with Crippen molar-refractivity contribution in [1.82, 2.24) is 14.5 Å². The summed E-state index contributed by atoms with van der Waals surface area (Å²) < 4.78 is 1.90. The molecule has 0 spiro atoms. The van der Waals surface area contributed by atoms with E-state index in [2.05, 4.69) is 9.97 Å². The molecule has 3 rings (SSSR count). The second-order valence-electron chi connectivity index (χ2n) is 4.25. The first-order valence-electron chi connectivity index (χ1n) is 5.87. The van der Waals surface area contributed by atoms with Gasteiger partial charge in [0.05, 0.1) is 11.4 Å². The van der Waals surface area contributed by atoms with Crippen LogP contribution in [0.15, 0.2) is 34.2 Å². The molecule has 0 atom stereocenters. The third kappa shape index (κ3) is 2.41. The van der Waals surface area contributed by atoms with Gasteiger partial charge >= 0.3 is 5.97 Å². The maximum absolute atomic E-state index is 10.8. The van der Waals surface area contributed by atoms with Gasteiger partial charge in [-0.3, -0.25) is 9.36 Å². The number of aromatic nitrogens is 3. The molecule has 0 aliphatic heterocycles. The number of fused-ring (bicyclic) bond motifs is 1. The second-order valence-corrected chi connectivity index (χ2v) is 5.97. The Morgan fingerprint density at radius 3 is 3.10 bits per heavy atom. The second kappa shape index (κ2) is 5.26. The third-order valence-electron chi connectivity index (χ3n) is 2.69. The molecule has 7 heteroatoms. The smallest absolute Gasteiger partial charge is 0.313 e. The number of nitrogens with zero attached hydrogens (tertiary/aromatic N) is 3. The molecule has 0 unspecified atom stereocenters. The fourth-order valence-corrected chi connectivity index (χ4v) is 3.24. The van der Waals surface area contributed by atoms with Gasteiger partial charge in [-0.25, -0.2) is 9.97 Å². The normalized spacial score (nSPS) is 11.1. The number of carboxylic acid groups (broad SMARTS) is 1. The van der Waals surface area contributed by atoms with Crippen LogP contribution in [0.2, 0.25) is 0 Å². The number of thioether (sulfide) groups is 1. The van der Waals surface area contributed by atoms with Crippen molar-refractivity contribution in [3.63, 3.8) is 0 Å². The first-order valence-corrected chi connectivity index (χ1v) is 7.80. The fraction of sp³-hybridized carbons (Fsp3) is 0.154. The van der Waals surface area contributed by atoms with Gasteiger partial charge in [0, 0.05) is 11.6 Å². The summed E-state index contributed by atoms with van der Waals surface area (Å²) >= 11 is 2.78. The van der Waals surface area contributed by atoms with Crippen LogP contribution in [0.25, 0.3) is 16.9 Å². The van der Waals surface area contributed by atoms with E-state index in [0.29, 0.717) is 5.16 Å². The maximum atomic E-state index is 10.8. The van der Waals surface area contributed by atoms with Crippen molar-refractivity contribution in [3.05, 3.63) is 34.7 Å². The Kier molecular flexibility index (Phi) is 3.45. The van der Waals surface area contributed by atoms with Crippen molar-refractivity contribution in [3.8, 4) is 5.69 Å². The van der Waals surface area contributed by atoms with Crippen LogP contribution in [0.1, 0.15) is 5.56 Å². The van der Waals surface area contributed by atoms with Crippen LogP contribution in [0.5, 0.6) is 0 Å². The van der Waals surface area contributed by atoms with E-state index in [4.69, 9.17) is 5.11 Å². The van der Waals surface area contributed by atoms with Gasteiger partial charge in [-0.2, -0.15) is 11.3 Å². The Labute approximate surface area is 123 Å². The molecule has 0 aliphatic rings. The van der Waals surface area contributed by atoms with Crippen molar-refractivity contribution in [2.75, 3.05) is 5.75 Å². The number of thiophene rings is 1. The number of aryl methyl sites for hydroxylation is 1. The van der Waals surface area contributed by atoms with Gasteiger partial charge in [0.1, 0.15) is 5.52 Å². The fourth-order valence-electron chi connectivity index (χ4n) is 1.89. The molecule has 3 aromatic heterocycles. The molecule has 0 radical (unpaired) electrons. The van der Waals surface area contributed by atoms with Gasteiger partial charge in [-0.15, -0.1) is 0 Å². The minimum absolute atomic E-state index is 0.0214. The van der Waals surface area contributed by atoms with Gasteiger partial charge in [-0.1, -0.05) is 11.8 Å². The third-order valence-corrected chi connectivity index (χ3v) is 4.29. The monoisotopic (exact) mass is 305 g/mol. The summed E-state index contributed by atoms with van der Waals surface area (Å²) in [5.74, 6) is -0.880. The van der Waals surface area contributed by atoms with E-state index in [1.165, 1.54) is 11.8 Å². The van der Waals surface area contributed by atoms with Crippen molar-refractivity contribution in [2.24, 2.45) is 0 Å². The minimum atomic E-state index is -0.858. The molecule has 3 heterocycles. The number of carbonyl (C=O) groups is 1. The molecule has 102 valence electrons. The molecule has 0 aliphatic carbocycles. The zero-order valence-electron chi connectivity index (χ0n) is 10.6. The number of pyridine rings is 1. The number of rotatable bonds is 4. The Bertz CT molecular complexity index is 765. The minimum Gasteiger partial charge on any atom is -0.481 e. The zero-order valence-corrected chi connectivity index (χ0v) is 12.2. The largest absolute Gasteiger partial charge is 0.481 e. The van der Waals surface area contributed by atoms with E-state index in [0.717, 1.165) is 22.4 Å². The SMILES string of the molecule is Cc1cnc2c(c1)nc(SCC(=O)O)n2-c1ccsc1. The molecule has 0 amide bonds. The molecule has 20 heavy (non-hydrogen) atoms. The van der Waals surface area contributed by atoms with E-state index >= 15 is 0 Å². The predicted molar refractivity (Wildman–Crippen MR) is 79.8 cm³/mol. The summed E-state index contributed by atoms with van der Waals surface area (Å²) in [6.45, 7) is 1.96. The Morgan fingerprint density at radius 2 is 2.40 bits per heavy atom. The molecule has 3 aromatic rings. The lowest BCUT2D eigenvalue weighted by Crippen LogP contribution is -2.01. The van der Waals surface area contributed by atoms with Gasteiger partial charge in [0.15, 0.2) is 10.8 Å². The van der Waals surface area contributed by atoms with E-state index in [1.54, 1.807) is 17.5 Å². The summed E-state index contributed by atoms with van der Waals surface area (Å²) in [6.07, 6.45) is 1.79. The molecule has 0 saturated carbocycles. The van der Waals surface area contributed by atoms with Gasteiger partial charge in [0.25, 0.3) is 0 Å². The highest BCUT2D eigenvalue weighted by atomic mass is 32.2. The number of hydrogen-bond acceptors (Lipinski definition) is 5. The van der Waals surface area contributed by atoms with Crippen LogP contribution in [0, 0.1) is 6.92 Å². The van der Waals surface area contributed by atoms with Crippen LogP contribution in [0.3, 0.4) is 0 Å². The Morgan fingerprint density at radius 1 is 1.55 bits per heavy atom. The van der Waals surface area contributed by atoms with E-state index in [1.807, 2.05) is 34.4 Å². The number of hydrogen-bond donors (Lipinski definition) is 1. The Hall–Kier alpha value is -1.86. The van der Waals surface area contributed by atoms with Crippen LogP contribution >= 0.6 is 23.1 Å². The van der Waals surface area contributed by atoms with E-state index < -0.39 is 5.97 Å². The topological polar surface area (TPSA) is 68.0 Å². The summed E-state index contributed by atoms with van der Waals surface area (Å²) in [4.78, 5) is 19.7. The zero-order chi connectivity index (χ0) is 14.1. The molecule has 1 N–H and O–H groups in total. The van der Waals surface area contributed by atoms with Crippen LogP contribution in [-0.4, -0.2) is 31.4 Å². The van der Waals surface area contributed by atoms with Crippen molar-refractivity contribution >= 4 is 40.2 Å². The van der Waals surface area contributed by atoms with Crippen LogP contribution in [0.4, 0.5) is 0 Å². The van der Waals surface area contributed by atoms with Gasteiger partial charge in [0.2, 0.25) is 0 Å². The maximum Gasteiger partial charge on any atom is 0.313 e. The summed E-state index contributed by atoms with van der Waals surface area (Å²) in [7, 11) is 0. The van der Waals surface area contributed by atoms with Gasteiger partial charge < -0.3 is 5.11 Å².